The molecule has 1 aromatic rings. The number of piperazine rings is 1. The molecule has 0 N–H and O–H groups in total. The molecule has 0 unspecified atom stereocenters. The molecule has 0 radical (unpaired) electrons. The SMILES string of the molecule is N#Cc1ccccc1N1CCN(C(=O)C2CCOCC2)CC1. The molecule has 0 aliphatic carbocycles. The number of para-hydroxylation sites is 1. The van der Waals surface area contributed by atoms with Crippen molar-refractivity contribution in [3.63, 3.8) is 0 Å². The number of anilines is 1. The molecule has 5 heteroatoms. The zero-order chi connectivity index (χ0) is 15.4. The van der Waals surface area contributed by atoms with Gasteiger partial charge < -0.3 is 14.5 Å². The largest absolute Gasteiger partial charge is 0.381 e. The van der Waals surface area contributed by atoms with Crippen molar-refractivity contribution >= 4 is 11.6 Å². The molecule has 0 bridgehead atoms. The number of hydrogen-bond donors (Lipinski definition) is 0. The summed E-state index contributed by atoms with van der Waals surface area (Å²) in [7, 11) is 0. The lowest BCUT2D eigenvalue weighted by molar-refractivity contribution is -0.138. The van der Waals surface area contributed by atoms with Crippen molar-refractivity contribution in [1.82, 2.24) is 4.90 Å². The zero-order valence-corrected chi connectivity index (χ0v) is 12.7. The van der Waals surface area contributed by atoms with E-state index in [0.29, 0.717) is 18.8 Å². The lowest BCUT2D eigenvalue weighted by Gasteiger charge is -2.38. The van der Waals surface area contributed by atoms with Crippen LogP contribution in [-0.4, -0.2) is 50.2 Å². The first-order chi connectivity index (χ1) is 10.8. The molecule has 2 aliphatic heterocycles. The number of benzene rings is 1. The Labute approximate surface area is 131 Å². The molecule has 1 amide bonds. The van der Waals surface area contributed by atoms with E-state index >= 15 is 0 Å². The van der Waals surface area contributed by atoms with Gasteiger partial charge in [-0.25, -0.2) is 0 Å². The maximum absolute atomic E-state index is 12.5. The molecule has 2 aliphatic rings. The third-order valence-electron chi connectivity index (χ3n) is 4.53. The molecule has 2 heterocycles. The first-order valence-electron chi connectivity index (χ1n) is 7.90. The smallest absolute Gasteiger partial charge is 0.225 e. The van der Waals surface area contributed by atoms with Crippen LogP contribution in [0, 0.1) is 17.2 Å². The topological polar surface area (TPSA) is 56.6 Å². The van der Waals surface area contributed by atoms with Crippen LogP contribution in [0.1, 0.15) is 18.4 Å². The summed E-state index contributed by atoms with van der Waals surface area (Å²) in [5.41, 5.74) is 1.68. The minimum Gasteiger partial charge on any atom is -0.381 e. The lowest BCUT2D eigenvalue weighted by Crippen LogP contribution is -2.51. The van der Waals surface area contributed by atoms with Gasteiger partial charge in [0, 0.05) is 45.3 Å². The number of carbonyl (C=O) groups excluding carboxylic acids is 1. The Morgan fingerprint density at radius 3 is 2.50 bits per heavy atom. The lowest BCUT2D eigenvalue weighted by atomic mass is 9.98. The van der Waals surface area contributed by atoms with E-state index in [4.69, 9.17) is 4.74 Å². The summed E-state index contributed by atoms with van der Waals surface area (Å²) in [6.07, 6.45) is 1.69. The Kier molecular flexibility index (Phi) is 4.59. The van der Waals surface area contributed by atoms with Gasteiger partial charge in [-0.05, 0) is 25.0 Å². The Morgan fingerprint density at radius 1 is 1.14 bits per heavy atom. The van der Waals surface area contributed by atoms with Crippen molar-refractivity contribution in [2.75, 3.05) is 44.3 Å². The third-order valence-corrected chi connectivity index (χ3v) is 4.53. The molecular weight excluding hydrogens is 278 g/mol. The number of rotatable bonds is 2. The van der Waals surface area contributed by atoms with Crippen LogP contribution in [0.25, 0.3) is 0 Å². The summed E-state index contributed by atoms with van der Waals surface area (Å²) in [6, 6.07) is 9.90. The second-order valence-corrected chi connectivity index (χ2v) is 5.83. The van der Waals surface area contributed by atoms with E-state index in [1.54, 1.807) is 0 Å². The minimum atomic E-state index is 0.131. The first-order valence-corrected chi connectivity index (χ1v) is 7.90. The number of ether oxygens (including phenoxy) is 1. The molecule has 0 aromatic heterocycles. The number of amides is 1. The van der Waals surface area contributed by atoms with Crippen LogP contribution in [0.15, 0.2) is 24.3 Å². The van der Waals surface area contributed by atoms with Crippen LogP contribution in [0.4, 0.5) is 5.69 Å². The molecule has 0 saturated carbocycles. The fraction of sp³-hybridized carbons (Fsp3) is 0.529. The summed E-state index contributed by atoms with van der Waals surface area (Å²) >= 11 is 0. The van der Waals surface area contributed by atoms with Gasteiger partial charge in [0.15, 0.2) is 0 Å². The Balaban J connectivity index is 1.60. The van der Waals surface area contributed by atoms with E-state index in [9.17, 15) is 10.1 Å². The Morgan fingerprint density at radius 2 is 1.82 bits per heavy atom. The van der Waals surface area contributed by atoms with E-state index in [1.165, 1.54) is 0 Å². The van der Waals surface area contributed by atoms with E-state index in [2.05, 4.69) is 11.0 Å². The summed E-state index contributed by atoms with van der Waals surface area (Å²) in [5, 5.41) is 9.21. The zero-order valence-electron chi connectivity index (χ0n) is 12.7. The van der Waals surface area contributed by atoms with Gasteiger partial charge in [-0.1, -0.05) is 12.1 Å². The van der Waals surface area contributed by atoms with Gasteiger partial charge in [-0.3, -0.25) is 4.79 Å². The predicted molar refractivity (Wildman–Crippen MR) is 83.5 cm³/mol. The second-order valence-electron chi connectivity index (χ2n) is 5.83. The number of carbonyl (C=O) groups is 1. The fourth-order valence-electron chi connectivity index (χ4n) is 3.21. The summed E-state index contributed by atoms with van der Waals surface area (Å²) in [6.45, 7) is 4.44. The quantitative estimate of drug-likeness (QED) is 0.833. The monoisotopic (exact) mass is 299 g/mol. The molecule has 5 nitrogen and oxygen atoms in total. The van der Waals surface area contributed by atoms with Crippen LogP contribution in [0.5, 0.6) is 0 Å². The van der Waals surface area contributed by atoms with Gasteiger partial charge in [-0.2, -0.15) is 5.26 Å². The summed E-state index contributed by atoms with van der Waals surface area (Å²) in [4.78, 5) is 16.7. The maximum Gasteiger partial charge on any atom is 0.225 e. The van der Waals surface area contributed by atoms with Gasteiger partial charge in [-0.15, -0.1) is 0 Å². The average Bonchev–Trinajstić information content (AvgIpc) is 2.62. The minimum absolute atomic E-state index is 0.131. The number of nitriles is 1. The van der Waals surface area contributed by atoms with Gasteiger partial charge >= 0.3 is 0 Å². The highest BCUT2D eigenvalue weighted by Crippen LogP contribution is 2.23. The molecule has 2 saturated heterocycles. The normalized spacial score (nSPS) is 19.8. The van der Waals surface area contributed by atoms with E-state index in [1.807, 2.05) is 29.2 Å². The van der Waals surface area contributed by atoms with Crippen LogP contribution in [0.3, 0.4) is 0 Å². The molecule has 1 aromatic carbocycles. The molecule has 0 atom stereocenters. The highest BCUT2D eigenvalue weighted by Gasteiger charge is 2.29. The van der Waals surface area contributed by atoms with Crippen molar-refractivity contribution in [3.05, 3.63) is 29.8 Å². The maximum atomic E-state index is 12.5. The summed E-state index contributed by atoms with van der Waals surface area (Å²) < 4.78 is 5.33. The van der Waals surface area contributed by atoms with Crippen molar-refractivity contribution in [1.29, 1.82) is 5.26 Å². The average molecular weight is 299 g/mol. The van der Waals surface area contributed by atoms with E-state index in [-0.39, 0.29) is 11.8 Å². The van der Waals surface area contributed by atoms with Gasteiger partial charge in [0.05, 0.1) is 11.3 Å². The highest BCUT2D eigenvalue weighted by atomic mass is 16.5. The highest BCUT2D eigenvalue weighted by molar-refractivity contribution is 5.79. The van der Waals surface area contributed by atoms with Gasteiger partial charge in [0.25, 0.3) is 0 Å². The molecule has 3 rings (SSSR count). The fourth-order valence-corrected chi connectivity index (χ4v) is 3.21. The van der Waals surface area contributed by atoms with Gasteiger partial charge in [0.2, 0.25) is 5.91 Å². The van der Waals surface area contributed by atoms with Crippen molar-refractivity contribution < 1.29 is 9.53 Å². The molecule has 116 valence electrons. The van der Waals surface area contributed by atoms with Gasteiger partial charge in [0.1, 0.15) is 6.07 Å². The molecule has 2 fully saturated rings. The Hall–Kier alpha value is -2.06. The van der Waals surface area contributed by atoms with Crippen molar-refractivity contribution in [2.45, 2.75) is 12.8 Å². The van der Waals surface area contributed by atoms with E-state index < -0.39 is 0 Å². The number of nitrogens with zero attached hydrogens (tertiary/aromatic N) is 3. The second kappa shape index (κ2) is 6.80. The van der Waals surface area contributed by atoms with Crippen molar-refractivity contribution in [2.24, 2.45) is 5.92 Å². The number of hydrogen-bond acceptors (Lipinski definition) is 4. The molecule has 0 spiro atoms. The van der Waals surface area contributed by atoms with Crippen LogP contribution in [-0.2, 0) is 9.53 Å². The van der Waals surface area contributed by atoms with E-state index in [0.717, 1.165) is 44.7 Å². The Bertz CT molecular complexity index is 568. The van der Waals surface area contributed by atoms with Crippen molar-refractivity contribution in [3.8, 4) is 6.07 Å². The first kappa shape index (κ1) is 14.9. The summed E-state index contributed by atoms with van der Waals surface area (Å²) in [5.74, 6) is 0.406. The predicted octanol–water partition coefficient (Wildman–Crippen LogP) is 1.63. The third kappa shape index (κ3) is 3.07. The molecular formula is C17H21N3O2. The van der Waals surface area contributed by atoms with Crippen LogP contribution < -0.4 is 4.90 Å². The van der Waals surface area contributed by atoms with Crippen LogP contribution in [0.2, 0.25) is 0 Å². The standard InChI is InChI=1S/C17H21N3O2/c18-13-15-3-1-2-4-16(15)19-7-9-20(10-8-19)17(21)14-5-11-22-12-6-14/h1-4,14H,5-12H2. The van der Waals surface area contributed by atoms with Crippen LogP contribution >= 0.6 is 0 Å². The molecule has 22 heavy (non-hydrogen) atoms.